The van der Waals surface area contributed by atoms with Crippen molar-refractivity contribution >= 4 is 17.8 Å². The molecule has 1 aromatic heterocycles. The first-order valence-electron chi connectivity index (χ1n) is 9.27. The topological polar surface area (TPSA) is 89.9 Å². The molecular weight excluding hydrogens is 334 g/mol. The largest absolute Gasteiger partial charge is 0.389 e. The summed E-state index contributed by atoms with van der Waals surface area (Å²) in [5.74, 6) is 0.387. The Hall–Kier alpha value is -2.22. The summed E-state index contributed by atoms with van der Waals surface area (Å²) in [6.45, 7) is 6.46. The van der Waals surface area contributed by atoms with Crippen molar-refractivity contribution in [2.24, 2.45) is 0 Å². The highest BCUT2D eigenvalue weighted by molar-refractivity contribution is 5.95. The van der Waals surface area contributed by atoms with E-state index in [0.717, 1.165) is 25.9 Å². The maximum atomic E-state index is 12.9. The van der Waals surface area contributed by atoms with E-state index >= 15 is 0 Å². The average Bonchev–Trinajstić information content (AvgIpc) is 2.83. The molecule has 2 aliphatic heterocycles. The van der Waals surface area contributed by atoms with Crippen molar-refractivity contribution in [1.82, 2.24) is 19.8 Å². The molecule has 2 amide bonds. The molecule has 0 radical (unpaired) electrons. The van der Waals surface area contributed by atoms with Crippen LogP contribution in [0.15, 0.2) is 6.20 Å². The number of rotatable bonds is 2. The Morgan fingerprint density at radius 1 is 1.08 bits per heavy atom. The summed E-state index contributed by atoms with van der Waals surface area (Å²) in [6, 6.07) is 0. The van der Waals surface area contributed by atoms with Crippen molar-refractivity contribution < 1.29 is 14.7 Å². The van der Waals surface area contributed by atoms with Crippen molar-refractivity contribution in [3.05, 3.63) is 17.5 Å². The van der Waals surface area contributed by atoms with Crippen molar-refractivity contribution in [2.75, 3.05) is 44.2 Å². The van der Waals surface area contributed by atoms with E-state index in [1.807, 2.05) is 6.92 Å². The molecule has 0 saturated carbocycles. The third-order valence-electron chi connectivity index (χ3n) is 5.07. The van der Waals surface area contributed by atoms with Gasteiger partial charge in [-0.15, -0.1) is 0 Å². The molecule has 0 bridgehead atoms. The lowest BCUT2D eigenvalue weighted by molar-refractivity contribution is -0.129. The molecule has 8 heteroatoms. The average molecular weight is 361 g/mol. The van der Waals surface area contributed by atoms with Gasteiger partial charge in [-0.25, -0.2) is 9.97 Å². The Morgan fingerprint density at radius 2 is 1.73 bits per heavy atom. The summed E-state index contributed by atoms with van der Waals surface area (Å²) in [7, 11) is 0. The molecule has 1 N–H and O–H groups in total. The van der Waals surface area contributed by atoms with Crippen molar-refractivity contribution in [2.45, 2.75) is 39.2 Å². The SMILES string of the molecule is CC(=O)N1CCN(C(=O)c2cnc(N3CCCCC3)nc2C)C[C@H](O)C1. The van der Waals surface area contributed by atoms with E-state index in [4.69, 9.17) is 0 Å². The van der Waals surface area contributed by atoms with Crippen molar-refractivity contribution in [3.63, 3.8) is 0 Å². The molecule has 0 aromatic carbocycles. The van der Waals surface area contributed by atoms with Gasteiger partial charge in [0.1, 0.15) is 0 Å². The zero-order valence-corrected chi connectivity index (χ0v) is 15.5. The van der Waals surface area contributed by atoms with Gasteiger partial charge in [0.05, 0.1) is 17.4 Å². The highest BCUT2D eigenvalue weighted by atomic mass is 16.3. The molecule has 0 aliphatic carbocycles. The second-order valence-corrected chi connectivity index (χ2v) is 7.09. The van der Waals surface area contributed by atoms with E-state index in [9.17, 15) is 14.7 Å². The predicted molar refractivity (Wildman–Crippen MR) is 97.0 cm³/mol. The number of anilines is 1. The molecule has 1 aromatic rings. The van der Waals surface area contributed by atoms with Crippen molar-refractivity contribution in [1.29, 1.82) is 0 Å². The minimum atomic E-state index is -0.751. The third-order valence-corrected chi connectivity index (χ3v) is 5.07. The number of amides is 2. The van der Waals surface area contributed by atoms with Crippen LogP contribution in [0.5, 0.6) is 0 Å². The van der Waals surface area contributed by atoms with E-state index in [0.29, 0.717) is 30.3 Å². The maximum Gasteiger partial charge on any atom is 0.257 e. The van der Waals surface area contributed by atoms with Gasteiger partial charge in [0.2, 0.25) is 11.9 Å². The minimum absolute atomic E-state index is 0.0938. The molecular formula is C18H27N5O3. The standard InChI is InChI=1S/C18H27N5O3/c1-13-16(10-19-18(20-13)21-6-4-3-5-7-21)17(26)23-9-8-22(14(2)24)11-15(25)12-23/h10,15,25H,3-9,11-12H2,1-2H3/t15-/m1/s1. The number of nitrogens with zero attached hydrogens (tertiary/aromatic N) is 5. The zero-order chi connectivity index (χ0) is 18.7. The van der Waals surface area contributed by atoms with E-state index in [-0.39, 0.29) is 24.9 Å². The Balaban J connectivity index is 1.73. The molecule has 0 unspecified atom stereocenters. The van der Waals surface area contributed by atoms with E-state index in [1.54, 1.807) is 16.0 Å². The van der Waals surface area contributed by atoms with Gasteiger partial charge >= 0.3 is 0 Å². The molecule has 26 heavy (non-hydrogen) atoms. The van der Waals surface area contributed by atoms with Crippen molar-refractivity contribution in [3.8, 4) is 0 Å². The third kappa shape index (κ3) is 4.12. The summed E-state index contributed by atoms with van der Waals surface area (Å²) in [4.78, 5) is 38.7. The number of hydrogen-bond acceptors (Lipinski definition) is 6. The molecule has 3 heterocycles. The first kappa shape index (κ1) is 18.6. The van der Waals surface area contributed by atoms with Gasteiger partial charge in [-0.2, -0.15) is 0 Å². The number of aliphatic hydroxyl groups is 1. The number of carbonyl (C=O) groups is 2. The van der Waals surface area contributed by atoms with Crippen LogP contribution < -0.4 is 4.90 Å². The lowest BCUT2D eigenvalue weighted by atomic mass is 10.1. The lowest BCUT2D eigenvalue weighted by Crippen LogP contribution is -2.38. The number of aliphatic hydroxyl groups excluding tert-OH is 1. The van der Waals surface area contributed by atoms with E-state index in [1.165, 1.54) is 13.3 Å². The summed E-state index contributed by atoms with van der Waals surface area (Å²) in [5.41, 5.74) is 1.10. The monoisotopic (exact) mass is 361 g/mol. The molecule has 142 valence electrons. The zero-order valence-electron chi connectivity index (χ0n) is 15.5. The molecule has 1 atom stereocenters. The number of carbonyl (C=O) groups excluding carboxylic acids is 2. The molecule has 3 rings (SSSR count). The molecule has 2 fully saturated rings. The Labute approximate surface area is 153 Å². The van der Waals surface area contributed by atoms with Crippen LogP contribution in [0, 0.1) is 6.92 Å². The second-order valence-electron chi connectivity index (χ2n) is 7.09. The first-order valence-corrected chi connectivity index (χ1v) is 9.27. The lowest BCUT2D eigenvalue weighted by Gasteiger charge is -2.27. The minimum Gasteiger partial charge on any atom is -0.389 e. The summed E-state index contributed by atoms with van der Waals surface area (Å²) < 4.78 is 0. The fraction of sp³-hybridized carbons (Fsp3) is 0.667. The van der Waals surface area contributed by atoms with Crippen LogP contribution in [0.25, 0.3) is 0 Å². The Kier molecular flexibility index (Phi) is 5.70. The normalized spacial score (nSPS) is 21.5. The Morgan fingerprint density at radius 3 is 2.38 bits per heavy atom. The van der Waals surface area contributed by atoms with Crippen LogP contribution >= 0.6 is 0 Å². The maximum absolute atomic E-state index is 12.9. The predicted octanol–water partition coefficient (Wildman–Crippen LogP) is 0.441. The number of hydrogen-bond donors (Lipinski definition) is 1. The quantitative estimate of drug-likeness (QED) is 0.822. The number of β-amino-alcohol motifs (C(OH)–C–C–N with tert-alkyl or cyclic N) is 1. The van der Waals surface area contributed by atoms with Gasteiger partial charge in [0, 0.05) is 52.4 Å². The van der Waals surface area contributed by atoms with Gasteiger partial charge in [-0.05, 0) is 26.2 Å². The van der Waals surface area contributed by atoms with E-state index < -0.39 is 6.10 Å². The van der Waals surface area contributed by atoms with Crippen LogP contribution in [0.2, 0.25) is 0 Å². The number of aryl methyl sites for hydroxylation is 1. The van der Waals surface area contributed by atoms with Crippen LogP contribution in [0.1, 0.15) is 42.2 Å². The van der Waals surface area contributed by atoms with Gasteiger partial charge in [0.25, 0.3) is 5.91 Å². The molecule has 2 saturated heterocycles. The second kappa shape index (κ2) is 7.99. The first-order chi connectivity index (χ1) is 12.5. The van der Waals surface area contributed by atoms with Crippen LogP contribution in [-0.2, 0) is 4.79 Å². The van der Waals surface area contributed by atoms with E-state index in [2.05, 4.69) is 14.9 Å². The van der Waals surface area contributed by atoms with Gasteiger partial charge in [-0.1, -0.05) is 0 Å². The molecule has 0 spiro atoms. The fourth-order valence-electron chi connectivity index (χ4n) is 3.54. The van der Waals surface area contributed by atoms with Gasteiger partial charge in [-0.3, -0.25) is 9.59 Å². The van der Waals surface area contributed by atoms with Gasteiger partial charge in [0.15, 0.2) is 0 Å². The summed E-state index contributed by atoms with van der Waals surface area (Å²) in [6.07, 6.45) is 4.36. The summed E-state index contributed by atoms with van der Waals surface area (Å²) in [5, 5.41) is 10.1. The highest BCUT2D eigenvalue weighted by Gasteiger charge is 2.27. The molecule has 8 nitrogen and oxygen atoms in total. The number of aromatic nitrogens is 2. The van der Waals surface area contributed by atoms with Gasteiger partial charge < -0.3 is 19.8 Å². The fourth-order valence-corrected chi connectivity index (χ4v) is 3.54. The Bertz CT molecular complexity index is 675. The van der Waals surface area contributed by atoms with Crippen LogP contribution in [0.3, 0.4) is 0 Å². The molecule has 2 aliphatic rings. The number of piperidine rings is 1. The van der Waals surface area contributed by atoms with Crippen LogP contribution in [0.4, 0.5) is 5.95 Å². The summed E-state index contributed by atoms with van der Waals surface area (Å²) >= 11 is 0. The smallest absolute Gasteiger partial charge is 0.257 e. The highest BCUT2D eigenvalue weighted by Crippen LogP contribution is 2.18. The van der Waals surface area contributed by atoms with Crippen LogP contribution in [-0.4, -0.2) is 82.1 Å².